The van der Waals surface area contributed by atoms with Gasteiger partial charge < -0.3 is 19.3 Å². The van der Waals surface area contributed by atoms with Crippen LogP contribution >= 0.6 is 0 Å². The Morgan fingerprint density at radius 1 is 1.56 bits per heavy atom. The zero-order chi connectivity index (χ0) is 11.1. The Morgan fingerprint density at radius 2 is 2.38 bits per heavy atom. The molecule has 16 heavy (non-hydrogen) atoms. The van der Waals surface area contributed by atoms with E-state index < -0.39 is 11.2 Å². The van der Waals surface area contributed by atoms with Crippen LogP contribution in [-0.4, -0.2) is 36.4 Å². The van der Waals surface area contributed by atoms with Crippen molar-refractivity contribution in [3.8, 4) is 0 Å². The fourth-order valence-electron chi connectivity index (χ4n) is 3.98. The van der Waals surface area contributed by atoms with E-state index in [0.717, 1.165) is 12.8 Å². The van der Waals surface area contributed by atoms with Crippen LogP contribution < -0.4 is 0 Å². The first-order chi connectivity index (χ1) is 7.62. The lowest BCUT2D eigenvalue weighted by Gasteiger charge is -2.52. The molecular formula is C11H14O5. The number of esters is 1. The average Bonchev–Trinajstić information content (AvgIpc) is 2.91. The third kappa shape index (κ3) is 0.772. The minimum Gasteiger partial charge on any atom is -0.469 e. The monoisotopic (exact) mass is 226 g/mol. The van der Waals surface area contributed by atoms with Crippen LogP contribution in [0.1, 0.15) is 19.3 Å². The molecule has 0 aromatic heterocycles. The summed E-state index contributed by atoms with van der Waals surface area (Å²) in [7, 11) is 1.41. The minimum atomic E-state index is -1.04. The quantitative estimate of drug-likeness (QED) is 0.638. The number of hydrogen-bond acceptors (Lipinski definition) is 5. The number of carbonyl (C=O) groups excluding carboxylic acids is 1. The lowest BCUT2D eigenvalue weighted by molar-refractivity contribution is -0.438. The molecule has 2 aliphatic heterocycles. The van der Waals surface area contributed by atoms with Gasteiger partial charge in [0.25, 0.3) is 0 Å². The molecule has 0 amide bonds. The number of aliphatic hydroxyl groups is 1. The molecule has 4 aliphatic rings. The van der Waals surface area contributed by atoms with Crippen molar-refractivity contribution in [3.05, 3.63) is 0 Å². The van der Waals surface area contributed by atoms with Gasteiger partial charge in [0.2, 0.25) is 0 Å². The maximum atomic E-state index is 11.9. The van der Waals surface area contributed by atoms with E-state index >= 15 is 0 Å². The van der Waals surface area contributed by atoms with Gasteiger partial charge in [0, 0.05) is 6.42 Å². The summed E-state index contributed by atoms with van der Waals surface area (Å²) < 4.78 is 15.9. The number of fused-ring (bicyclic) bond motifs is 2. The molecule has 4 fully saturated rings. The van der Waals surface area contributed by atoms with Gasteiger partial charge in [0.1, 0.15) is 5.41 Å². The van der Waals surface area contributed by atoms with Gasteiger partial charge in [-0.2, -0.15) is 0 Å². The fraction of sp³-hybridized carbons (Fsp3) is 0.909. The van der Waals surface area contributed by atoms with Gasteiger partial charge in [-0.05, 0) is 18.8 Å². The number of ether oxygens (including phenoxy) is 3. The van der Waals surface area contributed by atoms with Crippen molar-refractivity contribution in [1.82, 2.24) is 0 Å². The highest BCUT2D eigenvalue weighted by Crippen LogP contribution is 2.71. The van der Waals surface area contributed by atoms with Crippen molar-refractivity contribution in [2.24, 2.45) is 17.3 Å². The zero-order valence-corrected chi connectivity index (χ0v) is 9.01. The minimum absolute atomic E-state index is 0.0367. The molecule has 0 aromatic rings. The molecule has 0 spiro atoms. The Morgan fingerprint density at radius 3 is 3.12 bits per heavy atom. The first kappa shape index (κ1) is 9.39. The summed E-state index contributed by atoms with van der Waals surface area (Å²) in [6.07, 6.45) is 1.79. The predicted molar refractivity (Wildman–Crippen MR) is 50.0 cm³/mol. The molecule has 88 valence electrons. The molecule has 5 heteroatoms. The molecule has 1 N–H and O–H groups in total. The predicted octanol–water partition coefficient (Wildman–Crippen LogP) is 0.0194. The third-order valence-corrected chi connectivity index (χ3v) is 4.84. The van der Waals surface area contributed by atoms with E-state index in [1.807, 2.05) is 0 Å². The summed E-state index contributed by atoms with van der Waals surface area (Å²) in [5, 5.41) is 10.1. The topological polar surface area (TPSA) is 65.0 Å². The largest absolute Gasteiger partial charge is 0.469 e. The maximum absolute atomic E-state index is 11.9. The smallest absolute Gasteiger partial charge is 0.314 e. The first-order valence-corrected chi connectivity index (χ1v) is 5.76. The van der Waals surface area contributed by atoms with Gasteiger partial charge in [0.15, 0.2) is 12.1 Å². The Bertz CT molecular complexity index is 383. The first-order valence-electron chi connectivity index (χ1n) is 5.76. The molecule has 0 aromatic carbocycles. The summed E-state index contributed by atoms with van der Waals surface area (Å²) in [5.74, 6) is -1.09. The molecule has 2 saturated heterocycles. The second kappa shape index (κ2) is 2.44. The second-order valence-corrected chi connectivity index (χ2v) is 5.36. The number of methoxy groups -OCH3 is 1. The van der Waals surface area contributed by atoms with E-state index in [-0.39, 0.29) is 30.2 Å². The molecule has 4 rings (SSSR count). The van der Waals surface area contributed by atoms with Crippen LogP contribution in [-0.2, 0) is 19.0 Å². The average molecular weight is 226 g/mol. The summed E-state index contributed by atoms with van der Waals surface area (Å²) in [6.45, 7) is 0. The van der Waals surface area contributed by atoms with E-state index in [1.54, 1.807) is 0 Å². The Labute approximate surface area is 92.7 Å². The van der Waals surface area contributed by atoms with Gasteiger partial charge in [-0.25, -0.2) is 0 Å². The SMILES string of the molecule is COC(=O)C12CC1O[C@@H]1O[C@@]3(O)CC[C@@H]2[C@@H]13. The van der Waals surface area contributed by atoms with Crippen LogP contribution in [0.15, 0.2) is 0 Å². The van der Waals surface area contributed by atoms with Gasteiger partial charge in [-0.3, -0.25) is 4.79 Å². The van der Waals surface area contributed by atoms with Crippen molar-refractivity contribution < 1.29 is 24.1 Å². The number of rotatable bonds is 1. The second-order valence-electron chi connectivity index (χ2n) is 5.36. The van der Waals surface area contributed by atoms with Gasteiger partial charge >= 0.3 is 5.97 Å². The Kier molecular flexibility index (Phi) is 1.43. The van der Waals surface area contributed by atoms with Gasteiger partial charge in [-0.1, -0.05) is 0 Å². The molecule has 2 aliphatic carbocycles. The lowest BCUT2D eigenvalue weighted by atomic mass is 9.75. The van der Waals surface area contributed by atoms with Crippen LogP contribution in [0.3, 0.4) is 0 Å². The van der Waals surface area contributed by atoms with Crippen LogP contribution in [0.2, 0.25) is 0 Å². The molecule has 2 saturated carbocycles. The van der Waals surface area contributed by atoms with E-state index in [2.05, 4.69) is 0 Å². The Hall–Kier alpha value is -0.650. The summed E-state index contributed by atoms with van der Waals surface area (Å²) >= 11 is 0. The normalized spacial score (nSPS) is 60.6. The van der Waals surface area contributed by atoms with Crippen LogP contribution in [0.4, 0.5) is 0 Å². The molecule has 0 bridgehead atoms. The maximum Gasteiger partial charge on any atom is 0.314 e. The van der Waals surface area contributed by atoms with Crippen molar-refractivity contribution in [1.29, 1.82) is 0 Å². The van der Waals surface area contributed by atoms with Crippen molar-refractivity contribution >= 4 is 5.97 Å². The molecule has 2 heterocycles. The van der Waals surface area contributed by atoms with E-state index in [1.165, 1.54) is 7.11 Å². The highest BCUT2D eigenvalue weighted by atomic mass is 16.8. The van der Waals surface area contributed by atoms with E-state index in [9.17, 15) is 9.90 Å². The van der Waals surface area contributed by atoms with Crippen molar-refractivity contribution in [2.45, 2.75) is 37.4 Å². The Balaban J connectivity index is 1.72. The molecule has 0 radical (unpaired) electrons. The standard InChI is InChI=1S/C11H14O5/c1-14-9(12)10-4-6(10)15-8-7-5(10)2-3-11(7,13)16-8/h5-8,13H,2-4H2,1H3/t5-,6?,7+,8-,10?,11+/m1/s1. The molecule has 5 nitrogen and oxygen atoms in total. The molecule has 2 unspecified atom stereocenters. The highest BCUT2D eigenvalue weighted by molar-refractivity contribution is 5.82. The van der Waals surface area contributed by atoms with Crippen LogP contribution in [0.25, 0.3) is 0 Å². The summed E-state index contributed by atoms with van der Waals surface area (Å²) in [6, 6.07) is 0. The lowest BCUT2D eigenvalue weighted by Crippen LogP contribution is -2.63. The van der Waals surface area contributed by atoms with E-state index in [0.29, 0.717) is 6.42 Å². The van der Waals surface area contributed by atoms with Crippen molar-refractivity contribution in [2.75, 3.05) is 7.11 Å². The highest BCUT2D eigenvalue weighted by Gasteiger charge is 2.80. The third-order valence-electron chi connectivity index (χ3n) is 4.84. The summed E-state index contributed by atoms with van der Waals surface area (Å²) in [5.41, 5.74) is -0.482. The number of carbonyl (C=O) groups is 1. The van der Waals surface area contributed by atoms with Crippen LogP contribution in [0.5, 0.6) is 0 Å². The van der Waals surface area contributed by atoms with Crippen molar-refractivity contribution in [3.63, 3.8) is 0 Å². The van der Waals surface area contributed by atoms with Crippen LogP contribution in [0, 0.1) is 17.3 Å². The zero-order valence-electron chi connectivity index (χ0n) is 9.01. The number of hydrogen-bond donors (Lipinski definition) is 1. The summed E-state index contributed by atoms with van der Waals surface area (Å²) in [4.78, 5) is 11.9. The molecule has 6 atom stereocenters. The molecular weight excluding hydrogens is 212 g/mol. The van der Waals surface area contributed by atoms with Gasteiger partial charge in [0.05, 0.1) is 19.1 Å². The van der Waals surface area contributed by atoms with Gasteiger partial charge in [-0.15, -0.1) is 0 Å². The fourth-order valence-corrected chi connectivity index (χ4v) is 3.98. The van der Waals surface area contributed by atoms with E-state index in [4.69, 9.17) is 14.2 Å².